The summed E-state index contributed by atoms with van der Waals surface area (Å²) in [5, 5.41) is 0. The molecule has 18 heavy (non-hydrogen) atoms. The first-order valence-corrected chi connectivity index (χ1v) is 6.42. The summed E-state index contributed by atoms with van der Waals surface area (Å²) < 4.78 is 0. The number of likely N-dealkylation sites (tertiary alicyclic amines) is 3. The molecule has 0 bridgehead atoms. The minimum absolute atomic E-state index is 0.00814. The molecule has 0 aliphatic carbocycles. The quantitative estimate of drug-likeness (QED) is 0.594. The predicted octanol–water partition coefficient (Wildman–Crippen LogP) is -0.950. The van der Waals surface area contributed by atoms with Crippen LogP contribution in [0.4, 0.5) is 0 Å². The topological polar surface area (TPSA) is 60.9 Å². The molecule has 6 nitrogen and oxygen atoms in total. The molecule has 0 aromatic carbocycles. The Hall–Kier alpha value is -1.43. The Bertz CT molecular complexity index is 401. The van der Waals surface area contributed by atoms with E-state index in [2.05, 4.69) is 4.90 Å². The molecule has 3 aliphatic heterocycles. The molecule has 0 radical (unpaired) electrons. The molecule has 3 saturated heterocycles. The minimum Gasteiger partial charge on any atom is -0.344 e. The maximum Gasteiger partial charge on any atom is 0.239 e. The summed E-state index contributed by atoms with van der Waals surface area (Å²) >= 11 is 0. The molecule has 0 aromatic heterocycles. The average Bonchev–Trinajstić information content (AvgIpc) is 2.76. The molecule has 3 rings (SSSR count). The van der Waals surface area contributed by atoms with E-state index >= 15 is 0 Å². The first kappa shape index (κ1) is 11.6. The van der Waals surface area contributed by atoms with Gasteiger partial charge in [0.1, 0.15) is 0 Å². The van der Waals surface area contributed by atoms with Gasteiger partial charge in [-0.15, -0.1) is 0 Å². The zero-order valence-electron chi connectivity index (χ0n) is 10.5. The maximum absolute atomic E-state index is 11.8. The predicted molar refractivity (Wildman–Crippen MR) is 62.5 cm³/mol. The molecular formula is C12H17N3O3. The van der Waals surface area contributed by atoms with Gasteiger partial charge in [0.05, 0.1) is 12.1 Å². The van der Waals surface area contributed by atoms with Crippen LogP contribution < -0.4 is 0 Å². The van der Waals surface area contributed by atoms with E-state index in [1.165, 1.54) is 4.90 Å². The Labute approximate surface area is 106 Å². The van der Waals surface area contributed by atoms with Crippen molar-refractivity contribution in [1.82, 2.24) is 14.7 Å². The van der Waals surface area contributed by atoms with Crippen molar-refractivity contribution in [2.45, 2.75) is 31.3 Å². The van der Waals surface area contributed by atoms with Crippen molar-refractivity contribution in [3.05, 3.63) is 0 Å². The molecular weight excluding hydrogens is 234 g/mol. The number of rotatable bonds is 2. The molecule has 1 atom stereocenters. The van der Waals surface area contributed by atoms with E-state index in [0.29, 0.717) is 25.9 Å². The Morgan fingerprint density at radius 1 is 1.06 bits per heavy atom. The first-order chi connectivity index (χ1) is 8.58. The summed E-state index contributed by atoms with van der Waals surface area (Å²) in [5.41, 5.74) is 0. The molecule has 1 unspecified atom stereocenters. The maximum atomic E-state index is 11.8. The first-order valence-electron chi connectivity index (χ1n) is 6.42. The zero-order valence-corrected chi connectivity index (χ0v) is 10.5. The average molecular weight is 251 g/mol. The van der Waals surface area contributed by atoms with Gasteiger partial charge in [-0.2, -0.15) is 0 Å². The van der Waals surface area contributed by atoms with Gasteiger partial charge in [-0.25, -0.2) is 0 Å². The van der Waals surface area contributed by atoms with E-state index in [0.717, 1.165) is 13.0 Å². The largest absolute Gasteiger partial charge is 0.344 e. The summed E-state index contributed by atoms with van der Waals surface area (Å²) in [6, 6.07) is -0.0507. The zero-order chi connectivity index (χ0) is 12.9. The molecule has 0 N–H and O–H groups in total. The third-order valence-corrected chi connectivity index (χ3v) is 4.19. The van der Waals surface area contributed by atoms with Crippen LogP contribution in [0.25, 0.3) is 0 Å². The van der Waals surface area contributed by atoms with Crippen molar-refractivity contribution in [1.29, 1.82) is 0 Å². The van der Waals surface area contributed by atoms with E-state index in [1.807, 2.05) is 7.05 Å². The lowest BCUT2D eigenvalue weighted by Crippen LogP contribution is -2.64. The molecule has 6 heteroatoms. The highest BCUT2D eigenvalue weighted by atomic mass is 16.2. The fraction of sp³-hybridized carbons (Fsp3) is 0.750. The lowest BCUT2D eigenvalue weighted by molar-refractivity contribution is -0.147. The number of hydrogen-bond donors (Lipinski definition) is 0. The lowest BCUT2D eigenvalue weighted by Gasteiger charge is -2.45. The molecule has 98 valence electrons. The van der Waals surface area contributed by atoms with Gasteiger partial charge >= 0.3 is 0 Å². The number of amides is 3. The normalized spacial score (nSPS) is 30.5. The van der Waals surface area contributed by atoms with Gasteiger partial charge in [-0.1, -0.05) is 0 Å². The van der Waals surface area contributed by atoms with E-state index < -0.39 is 0 Å². The highest BCUT2D eigenvalue weighted by Gasteiger charge is 2.46. The molecule has 0 aromatic rings. The van der Waals surface area contributed by atoms with E-state index in [4.69, 9.17) is 0 Å². The highest BCUT2D eigenvalue weighted by molar-refractivity contribution is 6.02. The summed E-state index contributed by atoms with van der Waals surface area (Å²) in [5.74, 6) is 0.0477. The fourth-order valence-electron chi connectivity index (χ4n) is 3.05. The van der Waals surface area contributed by atoms with Crippen LogP contribution in [0.15, 0.2) is 0 Å². The monoisotopic (exact) mass is 251 g/mol. The Morgan fingerprint density at radius 2 is 1.67 bits per heavy atom. The van der Waals surface area contributed by atoms with Crippen molar-refractivity contribution in [2.24, 2.45) is 0 Å². The van der Waals surface area contributed by atoms with Crippen molar-refractivity contribution in [2.75, 3.05) is 26.7 Å². The van der Waals surface area contributed by atoms with Crippen LogP contribution in [0.5, 0.6) is 0 Å². The molecule has 0 spiro atoms. The highest BCUT2D eigenvalue weighted by Crippen LogP contribution is 2.27. The summed E-state index contributed by atoms with van der Waals surface area (Å²) in [7, 11) is 1.81. The second-order valence-electron chi connectivity index (χ2n) is 5.33. The van der Waals surface area contributed by atoms with Crippen LogP contribution in [0.3, 0.4) is 0 Å². The molecule has 3 amide bonds. The Morgan fingerprint density at radius 3 is 2.17 bits per heavy atom. The minimum atomic E-state index is -0.0560. The summed E-state index contributed by atoms with van der Waals surface area (Å²) in [6.07, 6.45) is 1.55. The molecule has 3 aliphatic rings. The number of carbonyl (C=O) groups is 3. The standard InChI is InChI=1S/C12H17N3O3/c1-13-5-4-9(12(13)18)14-6-8(7-14)15-10(16)2-3-11(15)17/h8-9H,2-7H2,1H3. The van der Waals surface area contributed by atoms with Gasteiger partial charge in [0.2, 0.25) is 17.7 Å². The second kappa shape index (κ2) is 4.05. The number of carbonyl (C=O) groups excluding carboxylic acids is 3. The van der Waals surface area contributed by atoms with Gasteiger partial charge < -0.3 is 4.90 Å². The van der Waals surface area contributed by atoms with Crippen molar-refractivity contribution < 1.29 is 14.4 Å². The third kappa shape index (κ3) is 1.63. The van der Waals surface area contributed by atoms with E-state index in [-0.39, 0.29) is 29.8 Å². The summed E-state index contributed by atoms with van der Waals surface area (Å²) in [6.45, 7) is 2.11. The van der Waals surface area contributed by atoms with Gasteiger partial charge in [0.25, 0.3) is 0 Å². The molecule has 3 heterocycles. The van der Waals surface area contributed by atoms with Crippen molar-refractivity contribution >= 4 is 17.7 Å². The SMILES string of the molecule is CN1CCC(N2CC(N3C(=O)CCC3=O)C2)C1=O. The second-order valence-corrected chi connectivity index (χ2v) is 5.33. The van der Waals surface area contributed by atoms with E-state index in [9.17, 15) is 14.4 Å². The van der Waals surface area contributed by atoms with Crippen LogP contribution in [0, 0.1) is 0 Å². The molecule has 3 fully saturated rings. The number of nitrogens with zero attached hydrogens (tertiary/aromatic N) is 3. The van der Waals surface area contributed by atoms with Crippen LogP contribution in [0.1, 0.15) is 19.3 Å². The van der Waals surface area contributed by atoms with Crippen LogP contribution in [-0.2, 0) is 14.4 Å². The lowest BCUT2D eigenvalue weighted by atomic mass is 10.0. The van der Waals surface area contributed by atoms with Crippen molar-refractivity contribution in [3.8, 4) is 0 Å². The van der Waals surface area contributed by atoms with Gasteiger partial charge in [-0.05, 0) is 6.42 Å². The number of hydrogen-bond acceptors (Lipinski definition) is 4. The van der Waals surface area contributed by atoms with Crippen LogP contribution in [0.2, 0.25) is 0 Å². The Balaban J connectivity index is 1.59. The van der Waals surface area contributed by atoms with Gasteiger partial charge in [0, 0.05) is 39.5 Å². The van der Waals surface area contributed by atoms with Gasteiger partial charge in [0.15, 0.2) is 0 Å². The van der Waals surface area contributed by atoms with Crippen LogP contribution >= 0.6 is 0 Å². The van der Waals surface area contributed by atoms with Crippen molar-refractivity contribution in [3.63, 3.8) is 0 Å². The van der Waals surface area contributed by atoms with Crippen LogP contribution in [-0.4, -0.2) is 71.2 Å². The number of likely N-dealkylation sites (N-methyl/N-ethyl adjacent to an activating group) is 1. The smallest absolute Gasteiger partial charge is 0.239 e. The third-order valence-electron chi connectivity index (χ3n) is 4.19. The van der Waals surface area contributed by atoms with Gasteiger partial charge in [-0.3, -0.25) is 24.2 Å². The number of imide groups is 1. The fourth-order valence-corrected chi connectivity index (χ4v) is 3.05. The summed E-state index contributed by atoms with van der Waals surface area (Å²) in [4.78, 5) is 40.2. The van der Waals surface area contributed by atoms with E-state index in [1.54, 1.807) is 4.90 Å². The Kier molecular flexibility index (Phi) is 2.62. The molecule has 0 saturated carbocycles.